The van der Waals surface area contributed by atoms with Crippen LogP contribution in [0.1, 0.15) is 30.1 Å². The number of rotatable bonds is 5. The summed E-state index contributed by atoms with van der Waals surface area (Å²) >= 11 is 5.90. The summed E-state index contributed by atoms with van der Waals surface area (Å²) in [5.41, 5.74) is 0.0256. The number of sulfonamides is 1. The third-order valence-electron chi connectivity index (χ3n) is 2.82. The molecule has 0 saturated heterocycles. The molecule has 1 aliphatic rings. The quantitative estimate of drug-likeness (QED) is 0.832. The van der Waals surface area contributed by atoms with E-state index in [2.05, 4.69) is 4.72 Å². The molecule has 0 aliphatic heterocycles. The summed E-state index contributed by atoms with van der Waals surface area (Å²) in [4.78, 5) is 11.6. The lowest BCUT2D eigenvalue weighted by atomic mass is 10.2. The van der Waals surface area contributed by atoms with Gasteiger partial charge in [0.05, 0.1) is 10.6 Å². The van der Waals surface area contributed by atoms with Crippen molar-refractivity contribution in [1.29, 1.82) is 5.26 Å². The van der Waals surface area contributed by atoms with E-state index in [1.165, 1.54) is 19.1 Å². The van der Waals surface area contributed by atoms with E-state index < -0.39 is 22.1 Å². The van der Waals surface area contributed by atoms with E-state index >= 15 is 0 Å². The van der Waals surface area contributed by atoms with Crippen molar-refractivity contribution >= 4 is 27.6 Å². The second kappa shape index (κ2) is 6.02. The summed E-state index contributed by atoms with van der Waals surface area (Å²) in [5.74, 6) is -0.774. The highest BCUT2D eigenvalue weighted by atomic mass is 35.5. The summed E-state index contributed by atoms with van der Waals surface area (Å²) in [7, 11) is -3.77. The SMILES string of the molecule is C[C@@H](C#N)OC(=O)c1ccc(Cl)c(S(=O)(=O)NC2CC2)c1. The third kappa shape index (κ3) is 3.94. The highest BCUT2D eigenvalue weighted by Gasteiger charge is 2.29. The zero-order chi connectivity index (χ0) is 15.6. The number of nitriles is 1. The molecular weight excluding hydrogens is 316 g/mol. The van der Waals surface area contributed by atoms with Crippen LogP contribution in [-0.4, -0.2) is 26.5 Å². The first-order valence-corrected chi connectivity index (χ1v) is 8.12. The maximum Gasteiger partial charge on any atom is 0.339 e. The van der Waals surface area contributed by atoms with Crippen LogP contribution in [-0.2, 0) is 14.8 Å². The fraction of sp³-hybridized carbons (Fsp3) is 0.385. The molecule has 1 N–H and O–H groups in total. The molecule has 8 heteroatoms. The van der Waals surface area contributed by atoms with Crippen molar-refractivity contribution in [2.24, 2.45) is 0 Å². The van der Waals surface area contributed by atoms with Crippen molar-refractivity contribution < 1.29 is 17.9 Å². The molecule has 0 unspecified atom stereocenters. The van der Waals surface area contributed by atoms with E-state index in [1.807, 2.05) is 0 Å². The van der Waals surface area contributed by atoms with Gasteiger partial charge in [-0.1, -0.05) is 11.6 Å². The number of hydrogen-bond acceptors (Lipinski definition) is 5. The number of nitrogens with one attached hydrogen (secondary N) is 1. The lowest BCUT2D eigenvalue weighted by Crippen LogP contribution is -2.26. The van der Waals surface area contributed by atoms with Crippen molar-refractivity contribution in [2.75, 3.05) is 0 Å². The highest BCUT2D eigenvalue weighted by molar-refractivity contribution is 7.89. The molecule has 112 valence electrons. The summed E-state index contributed by atoms with van der Waals surface area (Å²) < 4.78 is 31.6. The molecule has 1 fully saturated rings. The van der Waals surface area contributed by atoms with Gasteiger partial charge in [0.1, 0.15) is 11.0 Å². The topological polar surface area (TPSA) is 96.3 Å². The predicted molar refractivity (Wildman–Crippen MR) is 75.3 cm³/mol. The van der Waals surface area contributed by atoms with Crippen molar-refractivity contribution in [1.82, 2.24) is 4.72 Å². The Balaban J connectivity index is 2.29. The average molecular weight is 329 g/mol. The van der Waals surface area contributed by atoms with Gasteiger partial charge in [-0.3, -0.25) is 0 Å². The molecule has 1 aliphatic carbocycles. The Morgan fingerprint density at radius 2 is 2.19 bits per heavy atom. The first-order valence-electron chi connectivity index (χ1n) is 6.26. The van der Waals surface area contributed by atoms with Crippen molar-refractivity contribution in [3.05, 3.63) is 28.8 Å². The van der Waals surface area contributed by atoms with E-state index in [-0.39, 0.29) is 21.5 Å². The minimum absolute atomic E-state index is 0.0213. The van der Waals surface area contributed by atoms with Crippen LogP contribution in [0.2, 0.25) is 5.02 Å². The van der Waals surface area contributed by atoms with Crippen LogP contribution in [0.25, 0.3) is 0 Å². The van der Waals surface area contributed by atoms with Crippen LogP contribution in [0.4, 0.5) is 0 Å². The maximum absolute atomic E-state index is 12.2. The standard InChI is InChI=1S/C13H13ClN2O4S/c1-8(7-15)20-13(17)9-2-5-11(14)12(6-9)21(18,19)16-10-3-4-10/h2,5-6,8,10,16H,3-4H2,1H3/t8-/m0/s1. The zero-order valence-corrected chi connectivity index (χ0v) is 12.7. The molecule has 0 heterocycles. The van der Waals surface area contributed by atoms with E-state index in [4.69, 9.17) is 21.6 Å². The Morgan fingerprint density at radius 3 is 2.76 bits per heavy atom. The normalized spacial score (nSPS) is 16.0. The summed E-state index contributed by atoms with van der Waals surface area (Å²) in [5, 5.41) is 8.63. The zero-order valence-electron chi connectivity index (χ0n) is 11.2. The van der Waals surface area contributed by atoms with E-state index in [0.717, 1.165) is 18.9 Å². The highest BCUT2D eigenvalue weighted by Crippen LogP contribution is 2.27. The Morgan fingerprint density at radius 1 is 1.52 bits per heavy atom. The second-order valence-electron chi connectivity index (χ2n) is 4.72. The van der Waals surface area contributed by atoms with E-state index in [1.54, 1.807) is 6.07 Å². The Bertz CT molecular complexity index is 707. The van der Waals surface area contributed by atoms with Crippen LogP contribution in [0, 0.1) is 11.3 Å². The number of carbonyl (C=O) groups is 1. The molecule has 1 aromatic rings. The van der Waals surface area contributed by atoms with Crippen LogP contribution >= 0.6 is 11.6 Å². The number of halogens is 1. The number of hydrogen-bond donors (Lipinski definition) is 1. The Hall–Kier alpha value is -1.62. The molecule has 1 saturated carbocycles. The Kier molecular flexibility index (Phi) is 4.52. The van der Waals surface area contributed by atoms with Gasteiger partial charge < -0.3 is 4.74 Å². The van der Waals surface area contributed by atoms with Crippen molar-refractivity contribution in [3.8, 4) is 6.07 Å². The van der Waals surface area contributed by atoms with Gasteiger partial charge in [0, 0.05) is 6.04 Å². The molecule has 2 rings (SSSR count). The fourth-order valence-corrected chi connectivity index (χ4v) is 3.41. The van der Waals surface area contributed by atoms with Crippen LogP contribution < -0.4 is 4.72 Å². The third-order valence-corrected chi connectivity index (χ3v) is 4.82. The largest absolute Gasteiger partial charge is 0.444 e. The molecule has 1 aromatic carbocycles. The van der Waals surface area contributed by atoms with Gasteiger partial charge in [0.25, 0.3) is 0 Å². The van der Waals surface area contributed by atoms with E-state index in [0.29, 0.717) is 0 Å². The van der Waals surface area contributed by atoms with Crippen LogP contribution in [0.5, 0.6) is 0 Å². The predicted octanol–water partition coefficient (Wildman–Crippen LogP) is 1.85. The number of nitrogens with zero attached hydrogens (tertiary/aromatic N) is 1. The summed E-state index contributed by atoms with van der Waals surface area (Å²) in [6.07, 6.45) is 0.661. The first-order chi connectivity index (χ1) is 9.83. The molecule has 1 atom stereocenters. The number of ether oxygens (including phenoxy) is 1. The van der Waals surface area contributed by atoms with Gasteiger partial charge in [0.2, 0.25) is 10.0 Å². The maximum atomic E-state index is 12.2. The summed E-state index contributed by atoms with van der Waals surface area (Å²) in [6.45, 7) is 1.42. The molecule has 6 nitrogen and oxygen atoms in total. The second-order valence-corrected chi connectivity index (χ2v) is 6.81. The van der Waals surface area contributed by atoms with Crippen molar-refractivity contribution in [3.63, 3.8) is 0 Å². The average Bonchev–Trinajstić information content (AvgIpc) is 3.21. The van der Waals surface area contributed by atoms with Gasteiger partial charge in [0.15, 0.2) is 6.10 Å². The number of carbonyl (C=O) groups excluding carboxylic acids is 1. The lowest BCUT2D eigenvalue weighted by Gasteiger charge is -2.10. The monoisotopic (exact) mass is 328 g/mol. The molecule has 0 aromatic heterocycles. The van der Waals surface area contributed by atoms with Crippen LogP contribution in [0.15, 0.2) is 23.1 Å². The van der Waals surface area contributed by atoms with E-state index in [9.17, 15) is 13.2 Å². The minimum atomic E-state index is -3.77. The molecule has 0 amide bonds. The molecule has 0 bridgehead atoms. The van der Waals surface area contributed by atoms with Gasteiger partial charge in [-0.25, -0.2) is 17.9 Å². The molecule has 21 heavy (non-hydrogen) atoms. The lowest BCUT2D eigenvalue weighted by molar-refractivity contribution is 0.0435. The molecule has 0 radical (unpaired) electrons. The van der Waals surface area contributed by atoms with Crippen LogP contribution in [0.3, 0.4) is 0 Å². The van der Waals surface area contributed by atoms with Gasteiger partial charge >= 0.3 is 5.97 Å². The smallest absolute Gasteiger partial charge is 0.339 e. The van der Waals surface area contributed by atoms with Gasteiger partial charge in [-0.15, -0.1) is 0 Å². The van der Waals surface area contributed by atoms with Gasteiger partial charge in [-0.2, -0.15) is 5.26 Å². The molecular formula is C13H13ClN2O4S. The summed E-state index contributed by atoms with van der Waals surface area (Å²) in [6, 6.07) is 5.51. The van der Waals surface area contributed by atoms with Crippen molar-refractivity contribution in [2.45, 2.75) is 36.8 Å². The molecule has 0 spiro atoms. The van der Waals surface area contributed by atoms with Gasteiger partial charge in [-0.05, 0) is 38.0 Å². The number of benzene rings is 1. The Labute approximate surface area is 127 Å². The minimum Gasteiger partial charge on any atom is -0.444 e. The number of esters is 1. The fourth-order valence-electron chi connectivity index (χ4n) is 1.58. The first kappa shape index (κ1) is 15.8.